The lowest BCUT2D eigenvalue weighted by Crippen LogP contribution is -2.56. The summed E-state index contributed by atoms with van der Waals surface area (Å²) >= 11 is 0. The lowest BCUT2D eigenvalue weighted by Gasteiger charge is -2.37. The second-order valence-corrected chi connectivity index (χ2v) is 2.58. The number of β-lactam (4-membered cyclic amide) rings is 1. The zero-order valence-corrected chi connectivity index (χ0v) is 6.95. The molecule has 0 spiro atoms. The molecule has 0 unspecified atom stereocenters. The molecule has 66 valence electrons. The van der Waals surface area contributed by atoms with Crippen LogP contribution in [0.1, 0.15) is 6.42 Å². The van der Waals surface area contributed by atoms with Crippen molar-refractivity contribution in [3.63, 3.8) is 0 Å². The van der Waals surface area contributed by atoms with Crippen molar-refractivity contribution < 1.29 is 14.3 Å². The van der Waals surface area contributed by atoms with Crippen LogP contribution in [-0.2, 0) is 14.3 Å². The third-order valence-electron chi connectivity index (χ3n) is 1.86. The summed E-state index contributed by atoms with van der Waals surface area (Å²) in [7, 11) is 1.32. The Morgan fingerprint density at radius 1 is 1.92 bits per heavy atom. The summed E-state index contributed by atoms with van der Waals surface area (Å²) in [5, 5.41) is 0. The van der Waals surface area contributed by atoms with Gasteiger partial charge in [0.25, 0.3) is 0 Å². The van der Waals surface area contributed by atoms with Crippen LogP contribution in [-0.4, -0.2) is 36.5 Å². The molecule has 1 fully saturated rings. The molecule has 0 aromatic rings. The van der Waals surface area contributed by atoms with E-state index in [1.165, 1.54) is 12.0 Å². The van der Waals surface area contributed by atoms with Crippen LogP contribution in [0.25, 0.3) is 0 Å². The van der Waals surface area contributed by atoms with Crippen LogP contribution in [0.5, 0.6) is 0 Å². The van der Waals surface area contributed by atoms with Crippen molar-refractivity contribution in [3.8, 4) is 0 Å². The van der Waals surface area contributed by atoms with E-state index in [0.717, 1.165) is 0 Å². The number of hydrogen-bond acceptors (Lipinski definition) is 3. The molecule has 1 atom stereocenters. The molecule has 1 rings (SSSR count). The molecule has 0 N–H and O–H groups in total. The minimum Gasteiger partial charge on any atom is -0.467 e. The Kier molecular flexibility index (Phi) is 2.47. The fourth-order valence-corrected chi connectivity index (χ4v) is 1.17. The second-order valence-electron chi connectivity index (χ2n) is 2.58. The number of hydrogen-bond donors (Lipinski definition) is 0. The molecule has 1 amide bonds. The third kappa shape index (κ3) is 1.32. The Hall–Kier alpha value is -1.32. The van der Waals surface area contributed by atoms with E-state index in [1.807, 2.05) is 0 Å². The first-order valence-electron chi connectivity index (χ1n) is 3.69. The Morgan fingerprint density at radius 2 is 2.58 bits per heavy atom. The summed E-state index contributed by atoms with van der Waals surface area (Å²) in [6, 6.07) is -0.388. The van der Waals surface area contributed by atoms with Gasteiger partial charge in [0.1, 0.15) is 6.04 Å². The lowest BCUT2D eigenvalue weighted by molar-refractivity contribution is -0.163. The number of carbonyl (C=O) groups is 2. The number of ether oxygens (including phenoxy) is 1. The fraction of sp³-hybridized carbons (Fsp3) is 0.500. The molecule has 12 heavy (non-hydrogen) atoms. The standard InChI is InChI=1S/C8H11NO3/c1-3-4-9-6(5-7(9)10)8(11)12-2/h3,6H,1,4-5H2,2H3/t6-/m1/s1. The number of rotatable bonds is 3. The average molecular weight is 169 g/mol. The van der Waals surface area contributed by atoms with Crippen LogP contribution in [0.2, 0.25) is 0 Å². The first kappa shape index (κ1) is 8.77. The Balaban J connectivity index is 2.53. The first-order chi connectivity index (χ1) is 5.70. The van der Waals surface area contributed by atoms with Crippen molar-refractivity contribution in [1.29, 1.82) is 0 Å². The fourth-order valence-electron chi connectivity index (χ4n) is 1.17. The number of nitrogens with zero attached hydrogens (tertiary/aromatic N) is 1. The zero-order valence-electron chi connectivity index (χ0n) is 6.95. The first-order valence-corrected chi connectivity index (χ1v) is 3.69. The molecule has 1 saturated heterocycles. The highest BCUT2D eigenvalue weighted by molar-refractivity contribution is 5.95. The van der Waals surface area contributed by atoms with E-state index in [9.17, 15) is 9.59 Å². The molecule has 4 heteroatoms. The quantitative estimate of drug-likeness (QED) is 0.338. The van der Waals surface area contributed by atoms with E-state index >= 15 is 0 Å². The number of likely N-dealkylation sites (tertiary alicyclic amines) is 1. The second kappa shape index (κ2) is 3.38. The Labute approximate surface area is 70.8 Å². The third-order valence-corrected chi connectivity index (χ3v) is 1.86. The van der Waals surface area contributed by atoms with Crippen LogP contribution >= 0.6 is 0 Å². The molecule has 1 aliphatic heterocycles. The summed E-state index contributed by atoms with van der Waals surface area (Å²) in [5.74, 6) is -0.373. The highest BCUT2D eigenvalue weighted by Gasteiger charge is 2.40. The smallest absolute Gasteiger partial charge is 0.329 e. The maximum Gasteiger partial charge on any atom is 0.329 e. The molecule has 1 aliphatic rings. The van der Waals surface area contributed by atoms with Gasteiger partial charge in [0.15, 0.2) is 0 Å². The highest BCUT2D eigenvalue weighted by atomic mass is 16.5. The van der Waals surface area contributed by atoms with E-state index < -0.39 is 0 Å². The van der Waals surface area contributed by atoms with Crippen molar-refractivity contribution in [2.24, 2.45) is 0 Å². The SMILES string of the molecule is C=CCN1C(=O)C[C@@H]1C(=O)OC. The van der Waals surface area contributed by atoms with Gasteiger partial charge in [-0.05, 0) is 0 Å². The van der Waals surface area contributed by atoms with Crippen LogP contribution in [0.4, 0.5) is 0 Å². The van der Waals surface area contributed by atoms with Gasteiger partial charge in [-0.15, -0.1) is 6.58 Å². The van der Waals surface area contributed by atoms with Gasteiger partial charge in [0, 0.05) is 6.54 Å². The molecule has 0 aromatic heterocycles. The topological polar surface area (TPSA) is 46.6 Å². The van der Waals surface area contributed by atoms with E-state index in [0.29, 0.717) is 6.54 Å². The summed E-state index contributed by atoms with van der Waals surface area (Å²) in [4.78, 5) is 23.3. The minimum atomic E-state index is -0.388. The molecule has 0 radical (unpaired) electrons. The summed E-state index contributed by atoms with van der Waals surface area (Å²) in [6.07, 6.45) is 1.85. The van der Waals surface area contributed by atoms with E-state index in [4.69, 9.17) is 0 Å². The van der Waals surface area contributed by atoms with Crippen LogP contribution < -0.4 is 0 Å². The monoisotopic (exact) mass is 169 g/mol. The molecule has 0 aromatic carbocycles. The van der Waals surface area contributed by atoms with E-state index in [2.05, 4.69) is 11.3 Å². The maximum absolute atomic E-state index is 11.0. The molecule has 4 nitrogen and oxygen atoms in total. The van der Waals surface area contributed by atoms with Gasteiger partial charge in [-0.2, -0.15) is 0 Å². The average Bonchev–Trinajstić information content (AvgIpc) is 2.09. The van der Waals surface area contributed by atoms with Gasteiger partial charge < -0.3 is 9.64 Å². The van der Waals surface area contributed by atoms with E-state index in [-0.39, 0.29) is 24.3 Å². The van der Waals surface area contributed by atoms with Gasteiger partial charge in [0.05, 0.1) is 13.5 Å². The summed E-state index contributed by atoms with van der Waals surface area (Å²) in [6.45, 7) is 3.91. The van der Waals surface area contributed by atoms with Gasteiger partial charge in [-0.25, -0.2) is 4.79 Å². The Morgan fingerprint density at radius 3 is 3.00 bits per heavy atom. The maximum atomic E-state index is 11.0. The van der Waals surface area contributed by atoms with Crippen molar-refractivity contribution >= 4 is 11.9 Å². The molecule has 1 heterocycles. The van der Waals surface area contributed by atoms with Crippen LogP contribution in [0, 0.1) is 0 Å². The number of carbonyl (C=O) groups excluding carboxylic acids is 2. The predicted octanol–water partition coefficient (Wildman–Crippen LogP) is -0.0537. The molecular formula is C8H11NO3. The number of amides is 1. The summed E-state index contributed by atoms with van der Waals surface area (Å²) in [5.41, 5.74) is 0. The molecule has 0 bridgehead atoms. The van der Waals surface area contributed by atoms with Crippen molar-refractivity contribution in [1.82, 2.24) is 4.90 Å². The highest BCUT2D eigenvalue weighted by Crippen LogP contribution is 2.19. The molecule has 0 aliphatic carbocycles. The van der Waals surface area contributed by atoms with Gasteiger partial charge in [-0.1, -0.05) is 6.08 Å². The number of esters is 1. The Bertz CT molecular complexity index is 224. The van der Waals surface area contributed by atoms with Gasteiger partial charge in [-0.3, -0.25) is 4.79 Å². The number of methoxy groups -OCH3 is 1. The minimum absolute atomic E-state index is 0.0229. The largest absolute Gasteiger partial charge is 0.467 e. The van der Waals surface area contributed by atoms with Crippen molar-refractivity contribution in [2.75, 3.05) is 13.7 Å². The van der Waals surface area contributed by atoms with Crippen molar-refractivity contribution in [2.45, 2.75) is 12.5 Å². The lowest BCUT2D eigenvalue weighted by atomic mass is 10.0. The van der Waals surface area contributed by atoms with Crippen LogP contribution in [0.3, 0.4) is 0 Å². The van der Waals surface area contributed by atoms with Gasteiger partial charge in [0.2, 0.25) is 5.91 Å². The molecule has 0 saturated carbocycles. The predicted molar refractivity (Wildman–Crippen MR) is 42.3 cm³/mol. The van der Waals surface area contributed by atoms with Crippen molar-refractivity contribution in [3.05, 3.63) is 12.7 Å². The van der Waals surface area contributed by atoms with Crippen LogP contribution in [0.15, 0.2) is 12.7 Å². The summed E-state index contributed by atoms with van der Waals surface area (Å²) < 4.78 is 4.51. The molecular weight excluding hydrogens is 158 g/mol. The zero-order chi connectivity index (χ0) is 9.14. The normalized spacial score (nSPS) is 21.6. The van der Waals surface area contributed by atoms with E-state index in [1.54, 1.807) is 6.08 Å². The van der Waals surface area contributed by atoms with Gasteiger partial charge >= 0.3 is 5.97 Å².